The molecule has 0 radical (unpaired) electrons. The first-order chi connectivity index (χ1) is 8.56. The van der Waals surface area contributed by atoms with Crippen molar-refractivity contribution in [2.24, 2.45) is 0 Å². The summed E-state index contributed by atoms with van der Waals surface area (Å²) in [7, 11) is 1.43. The fourth-order valence-corrected chi connectivity index (χ4v) is 2.60. The summed E-state index contributed by atoms with van der Waals surface area (Å²) in [5.41, 5.74) is 1.18. The molecule has 0 N–H and O–H groups in total. The first kappa shape index (κ1) is 13.5. The Bertz CT molecular complexity index is 320. The number of nitrogens with zero attached hydrogens (tertiary/aromatic N) is 4. The first-order valence-corrected chi connectivity index (χ1v) is 6.17. The highest BCUT2D eigenvalue weighted by Gasteiger charge is 2.31. The molecular weight excluding hydrogens is 232 g/mol. The van der Waals surface area contributed by atoms with Gasteiger partial charge in [-0.2, -0.15) is 0 Å². The summed E-state index contributed by atoms with van der Waals surface area (Å²) >= 11 is 0. The van der Waals surface area contributed by atoms with Crippen molar-refractivity contribution in [2.75, 3.05) is 53.5 Å². The van der Waals surface area contributed by atoms with Gasteiger partial charge in [0.05, 0.1) is 47.0 Å². The fraction of sp³-hybridized carbons (Fsp3) is 0.750. The van der Waals surface area contributed by atoms with E-state index in [1.807, 2.05) is 0 Å². The number of hydrogen-bond acceptors (Lipinski definition) is 6. The minimum Gasteiger partial charge on any atom is -0.468 e. The molecular formula is C12H22N4O2. The molecule has 2 bridgehead atoms. The van der Waals surface area contributed by atoms with E-state index in [1.54, 1.807) is 0 Å². The van der Waals surface area contributed by atoms with Crippen molar-refractivity contribution < 1.29 is 9.53 Å². The number of hydrogen-bond donors (Lipinski definition) is 0. The average Bonchev–Trinajstić information content (AvgIpc) is 2.26. The van der Waals surface area contributed by atoms with E-state index in [9.17, 15) is 4.79 Å². The quantitative estimate of drug-likeness (QED) is 0.509. The predicted octanol–water partition coefficient (Wildman–Crippen LogP) is -0.242. The molecule has 2 aliphatic rings. The predicted molar refractivity (Wildman–Crippen MR) is 68.3 cm³/mol. The summed E-state index contributed by atoms with van der Waals surface area (Å²) in [5, 5.41) is 0. The molecule has 0 spiro atoms. The zero-order valence-corrected chi connectivity index (χ0v) is 11.3. The van der Waals surface area contributed by atoms with Gasteiger partial charge < -0.3 is 4.74 Å². The van der Waals surface area contributed by atoms with E-state index in [0.717, 1.165) is 39.9 Å². The fourth-order valence-electron chi connectivity index (χ4n) is 2.60. The monoisotopic (exact) mass is 254 g/mol. The number of fused-ring (bicyclic) bond motifs is 2. The van der Waals surface area contributed by atoms with Crippen molar-refractivity contribution >= 4 is 5.97 Å². The van der Waals surface area contributed by atoms with Gasteiger partial charge >= 0.3 is 5.97 Å². The summed E-state index contributed by atoms with van der Waals surface area (Å²) in [6, 6.07) is 0. The highest BCUT2D eigenvalue weighted by Crippen LogP contribution is 2.15. The van der Waals surface area contributed by atoms with Crippen LogP contribution in [-0.2, 0) is 9.53 Å². The van der Waals surface area contributed by atoms with Gasteiger partial charge in [0.15, 0.2) is 0 Å². The van der Waals surface area contributed by atoms with Crippen LogP contribution in [-0.4, -0.2) is 79.1 Å². The number of carbonyl (C=O) groups is 1. The van der Waals surface area contributed by atoms with Crippen LogP contribution in [0.25, 0.3) is 0 Å². The van der Waals surface area contributed by atoms with Crippen molar-refractivity contribution in [3.8, 4) is 0 Å². The third-order valence-corrected chi connectivity index (χ3v) is 3.07. The molecule has 2 saturated heterocycles. The van der Waals surface area contributed by atoms with Crippen molar-refractivity contribution in [2.45, 2.75) is 6.92 Å². The third-order valence-electron chi connectivity index (χ3n) is 3.07. The molecule has 18 heavy (non-hydrogen) atoms. The van der Waals surface area contributed by atoms with E-state index >= 15 is 0 Å². The van der Waals surface area contributed by atoms with Crippen LogP contribution in [0.1, 0.15) is 6.92 Å². The Balaban J connectivity index is 1.86. The van der Waals surface area contributed by atoms with Gasteiger partial charge in [-0.15, -0.1) is 0 Å². The summed E-state index contributed by atoms with van der Waals surface area (Å²) in [6.45, 7) is 11.8. The molecule has 0 amide bonds. The Morgan fingerprint density at radius 3 is 2.00 bits per heavy atom. The smallest absolute Gasteiger partial charge is 0.319 e. The van der Waals surface area contributed by atoms with E-state index in [4.69, 9.17) is 4.74 Å². The highest BCUT2D eigenvalue weighted by molar-refractivity contribution is 5.71. The van der Waals surface area contributed by atoms with Gasteiger partial charge in [-0.25, -0.2) is 0 Å². The van der Waals surface area contributed by atoms with Crippen LogP contribution in [0.5, 0.6) is 0 Å². The van der Waals surface area contributed by atoms with Crippen molar-refractivity contribution in [1.82, 2.24) is 19.6 Å². The number of methoxy groups -OCH3 is 1. The normalized spacial score (nSPS) is 29.0. The number of esters is 1. The third kappa shape index (κ3) is 3.52. The zero-order valence-electron chi connectivity index (χ0n) is 11.3. The first-order valence-electron chi connectivity index (χ1n) is 6.17. The Morgan fingerprint density at radius 1 is 1.06 bits per heavy atom. The molecule has 2 unspecified atom stereocenters. The van der Waals surface area contributed by atoms with Crippen LogP contribution < -0.4 is 0 Å². The zero-order chi connectivity index (χ0) is 13.1. The second-order valence-electron chi connectivity index (χ2n) is 5.24. The van der Waals surface area contributed by atoms with Gasteiger partial charge in [0, 0.05) is 6.54 Å². The molecule has 0 aromatic rings. The molecule has 2 heterocycles. The Labute approximate surface area is 108 Å². The Morgan fingerprint density at radius 2 is 1.56 bits per heavy atom. The maximum atomic E-state index is 11.3. The minimum atomic E-state index is -0.170. The van der Waals surface area contributed by atoms with E-state index in [0.29, 0.717) is 6.54 Å². The van der Waals surface area contributed by atoms with Crippen molar-refractivity contribution in [1.29, 1.82) is 0 Å². The summed E-state index contributed by atoms with van der Waals surface area (Å²) in [5.74, 6) is -0.170. The van der Waals surface area contributed by atoms with E-state index in [1.165, 1.54) is 12.7 Å². The van der Waals surface area contributed by atoms with Crippen LogP contribution in [0.15, 0.2) is 12.2 Å². The summed E-state index contributed by atoms with van der Waals surface area (Å²) < 4.78 is 4.71. The minimum absolute atomic E-state index is 0.170. The molecule has 0 aliphatic carbocycles. The lowest BCUT2D eigenvalue weighted by atomic mass is 10.3. The SMILES string of the molecule is C=C(C)CN1CN2CN(CC(=O)OC)CN(C1)C2. The lowest BCUT2D eigenvalue weighted by Crippen LogP contribution is -2.64. The van der Waals surface area contributed by atoms with Gasteiger partial charge in [-0.1, -0.05) is 12.2 Å². The number of carbonyl (C=O) groups excluding carboxylic acids is 1. The molecule has 6 heteroatoms. The summed E-state index contributed by atoms with van der Waals surface area (Å²) in [4.78, 5) is 20.4. The average molecular weight is 254 g/mol. The van der Waals surface area contributed by atoms with E-state index < -0.39 is 0 Å². The molecule has 0 aromatic heterocycles. The molecule has 0 aromatic carbocycles. The van der Waals surface area contributed by atoms with Gasteiger partial charge in [0.25, 0.3) is 0 Å². The largest absolute Gasteiger partial charge is 0.468 e. The standard InChI is InChI=1S/C12H22N4O2/c1-11(2)4-13-6-15-8-14(5-12(17)18-3)9-16(7-13)10-15/h1,4-10H2,2-3H3. The van der Waals surface area contributed by atoms with Crippen LogP contribution in [0.4, 0.5) is 0 Å². The molecule has 2 fully saturated rings. The number of ether oxygens (including phenoxy) is 1. The van der Waals surface area contributed by atoms with Gasteiger partial charge in [0.2, 0.25) is 0 Å². The number of rotatable bonds is 4. The molecule has 0 saturated carbocycles. The van der Waals surface area contributed by atoms with Crippen LogP contribution in [0.3, 0.4) is 0 Å². The van der Waals surface area contributed by atoms with Crippen LogP contribution in [0.2, 0.25) is 0 Å². The second-order valence-corrected chi connectivity index (χ2v) is 5.24. The van der Waals surface area contributed by atoms with Crippen molar-refractivity contribution in [3.63, 3.8) is 0 Å². The molecule has 102 valence electrons. The van der Waals surface area contributed by atoms with E-state index in [2.05, 4.69) is 33.1 Å². The Kier molecular flexibility index (Phi) is 4.34. The Hall–Kier alpha value is -0.950. The van der Waals surface area contributed by atoms with Crippen molar-refractivity contribution in [3.05, 3.63) is 12.2 Å². The van der Waals surface area contributed by atoms with Gasteiger partial charge in [-0.3, -0.25) is 24.4 Å². The molecule has 2 aliphatic heterocycles. The lowest BCUT2D eigenvalue weighted by molar-refractivity contribution is -0.151. The lowest BCUT2D eigenvalue weighted by Gasteiger charge is -2.49. The van der Waals surface area contributed by atoms with Gasteiger partial charge in [-0.05, 0) is 6.92 Å². The molecule has 2 rings (SSSR count). The van der Waals surface area contributed by atoms with Crippen LogP contribution >= 0.6 is 0 Å². The van der Waals surface area contributed by atoms with Gasteiger partial charge in [0.1, 0.15) is 0 Å². The maximum Gasteiger partial charge on any atom is 0.319 e. The topological polar surface area (TPSA) is 39.3 Å². The highest BCUT2D eigenvalue weighted by atomic mass is 16.5. The molecule has 6 nitrogen and oxygen atoms in total. The van der Waals surface area contributed by atoms with E-state index in [-0.39, 0.29) is 5.97 Å². The summed E-state index contributed by atoms with van der Waals surface area (Å²) in [6.07, 6.45) is 0. The molecule has 2 atom stereocenters. The second kappa shape index (κ2) is 5.79. The maximum absolute atomic E-state index is 11.3. The van der Waals surface area contributed by atoms with Crippen LogP contribution in [0, 0.1) is 0 Å².